The average Bonchev–Trinajstić information content (AvgIpc) is 2.49. The van der Waals surface area contributed by atoms with Crippen LogP contribution in [0.2, 0.25) is 0 Å². The van der Waals surface area contributed by atoms with Gasteiger partial charge in [-0.1, -0.05) is 18.2 Å². The Labute approximate surface area is 118 Å². The standard InChI is InChI=1S/C16H18FNO2/c1-19-15-4-2-3-12(8-15)10-20-11-13-5-6-16(17)14(7-13)9-18/h2-8H,9-11,18H2,1H3. The molecule has 0 aliphatic heterocycles. The number of nitrogens with two attached hydrogens (primary N) is 1. The second-order valence-electron chi connectivity index (χ2n) is 4.47. The molecule has 0 amide bonds. The number of hydrogen-bond donors (Lipinski definition) is 1. The van der Waals surface area contributed by atoms with Crippen LogP contribution >= 0.6 is 0 Å². The van der Waals surface area contributed by atoms with Crippen molar-refractivity contribution >= 4 is 0 Å². The van der Waals surface area contributed by atoms with Crippen LogP contribution in [0.15, 0.2) is 42.5 Å². The van der Waals surface area contributed by atoms with E-state index in [1.807, 2.05) is 24.3 Å². The summed E-state index contributed by atoms with van der Waals surface area (Å²) >= 11 is 0. The molecule has 3 nitrogen and oxygen atoms in total. The second kappa shape index (κ2) is 7.03. The molecule has 0 heterocycles. The van der Waals surface area contributed by atoms with Gasteiger partial charge in [-0.05, 0) is 35.4 Å². The van der Waals surface area contributed by atoms with Gasteiger partial charge in [0.05, 0.1) is 20.3 Å². The SMILES string of the molecule is COc1cccc(COCc2ccc(F)c(CN)c2)c1. The Hall–Kier alpha value is -1.91. The summed E-state index contributed by atoms with van der Waals surface area (Å²) < 4.78 is 24.1. The molecule has 0 atom stereocenters. The lowest BCUT2D eigenvalue weighted by Gasteiger charge is -2.08. The van der Waals surface area contributed by atoms with Gasteiger partial charge in [0, 0.05) is 12.1 Å². The Morgan fingerprint density at radius 1 is 1.05 bits per heavy atom. The zero-order chi connectivity index (χ0) is 14.4. The Morgan fingerprint density at radius 3 is 2.50 bits per heavy atom. The molecule has 0 spiro atoms. The third-order valence-corrected chi connectivity index (χ3v) is 3.00. The molecule has 0 aliphatic carbocycles. The highest BCUT2D eigenvalue weighted by atomic mass is 19.1. The van der Waals surface area contributed by atoms with Gasteiger partial charge in [-0.25, -0.2) is 4.39 Å². The van der Waals surface area contributed by atoms with Crippen molar-refractivity contribution < 1.29 is 13.9 Å². The van der Waals surface area contributed by atoms with Gasteiger partial charge in [-0.15, -0.1) is 0 Å². The molecule has 2 rings (SSSR count). The van der Waals surface area contributed by atoms with Crippen molar-refractivity contribution in [3.8, 4) is 5.75 Å². The maximum absolute atomic E-state index is 13.3. The number of hydrogen-bond acceptors (Lipinski definition) is 3. The highest BCUT2D eigenvalue weighted by molar-refractivity contribution is 5.28. The molecule has 2 aromatic rings. The largest absolute Gasteiger partial charge is 0.497 e. The molecular weight excluding hydrogens is 257 g/mol. The zero-order valence-electron chi connectivity index (χ0n) is 11.4. The van der Waals surface area contributed by atoms with E-state index in [4.69, 9.17) is 15.2 Å². The minimum Gasteiger partial charge on any atom is -0.497 e. The lowest BCUT2D eigenvalue weighted by atomic mass is 10.1. The second-order valence-corrected chi connectivity index (χ2v) is 4.47. The summed E-state index contributed by atoms with van der Waals surface area (Å²) in [6.45, 7) is 1.09. The van der Waals surface area contributed by atoms with Crippen molar-refractivity contribution in [2.75, 3.05) is 7.11 Å². The van der Waals surface area contributed by atoms with Gasteiger partial charge in [0.2, 0.25) is 0 Å². The lowest BCUT2D eigenvalue weighted by Crippen LogP contribution is -2.02. The van der Waals surface area contributed by atoms with Gasteiger partial charge in [0.25, 0.3) is 0 Å². The molecule has 0 saturated heterocycles. The lowest BCUT2D eigenvalue weighted by molar-refractivity contribution is 0.107. The van der Waals surface area contributed by atoms with Crippen molar-refractivity contribution in [3.05, 3.63) is 65.0 Å². The molecule has 0 radical (unpaired) electrons. The predicted octanol–water partition coefficient (Wildman–Crippen LogP) is 3.01. The van der Waals surface area contributed by atoms with Gasteiger partial charge in [-0.3, -0.25) is 0 Å². The van der Waals surface area contributed by atoms with Crippen LogP contribution in [0.1, 0.15) is 16.7 Å². The topological polar surface area (TPSA) is 44.5 Å². The summed E-state index contributed by atoms with van der Waals surface area (Å²) in [7, 11) is 1.63. The number of ether oxygens (including phenoxy) is 2. The molecule has 4 heteroatoms. The van der Waals surface area contributed by atoms with E-state index < -0.39 is 0 Å². The van der Waals surface area contributed by atoms with E-state index in [0.717, 1.165) is 16.9 Å². The molecule has 0 bridgehead atoms. The van der Waals surface area contributed by atoms with E-state index in [2.05, 4.69) is 0 Å². The molecule has 2 aromatic carbocycles. The Balaban J connectivity index is 1.92. The quantitative estimate of drug-likeness (QED) is 0.881. The molecule has 20 heavy (non-hydrogen) atoms. The Bertz CT molecular complexity index is 572. The number of methoxy groups -OCH3 is 1. The van der Waals surface area contributed by atoms with Crippen LogP contribution in [-0.4, -0.2) is 7.11 Å². The molecule has 0 fully saturated rings. The average molecular weight is 275 g/mol. The van der Waals surface area contributed by atoms with E-state index in [1.165, 1.54) is 6.07 Å². The molecule has 0 unspecified atom stereocenters. The van der Waals surface area contributed by atoms with Crippen molar-refractivity contribution in [2.45, 2.75) is 19.8 Å². The first-order valence-electron chi connectivity index (χ1n) is 6.41. The van der Waals surface area contributed by atoms with Gasteiger partial charge in [0.15, 0.2) is 0 Å². The van der Waals surface area contributed by atoms with E-state index in [1.54, 1.807) is 19.2 Å². The fraction of sp³-hybridized carbons (Fsp3) is 0.250. The molecular formula is C16H18FNO2. The number of halogens is 1. The Kier molecular flexibility index (Phi) is 5.09. The van der Waals surface area contributed by atoms with Crippen LogP contribution in [0.5, 0.6) is 5.75 Å². The van der Waals surface area contributed by atoms with Gasteiger partial charge >= 0.3 is 0 Å². The van der Waals surface area contributed by atoms with Crippen LogP contribution < -0.4 is 10.5 Å². The summed E-state index contributed by atoms with van der Waals surface area (Å²) in [5.41, 5.74) is 7.93. The van der Waals surface area contributed by atoms with Gasteiger partial charge in [-0.2, -0.15) is 0 Å². The first-order chi connectivity index (χ1) is 9.72. The van der Waals surface area contributed by atoms with Crippen LogP contribution in [0.3, 0.4) is 0 Å². The Morgan fingerprint density at radius 2 is 1.80 bits per heavy atom. The third kappa shape index (κ3) is 3.79. The fourth-order valence-corrected chi connectivity index (χ4v) is 1.92. The smallest absolute Gasteiger partial charge is 0.127 e. The maximum atomic E-state index is 13.3. The van der Waals surface area contributed by atoms with Crippen LogP contribution in [0.25, 0.3) is 0 Å². The first kappa shape index (κ1) is 14.5. The number of rotatable bonds is 6. The first-order valence-corrected chi connectivity index (χ1v) is 6.41. The molecule has 0 aliphatic rings. The summed E-state index contributed by atoms with van der Waals surface area (Å²) in [6, 6.07) is 12.6. The summed E-state index contributed by atoms with van der Waals surface area (Å²) in [5.74, 6) is 0.530. The molecule has 0 saturated carbocycles. The van der Waals surface area contributed by atoms with E-state index in [0.29, 0.717) is 18.8 Å². The van der Waals surface area contributed by atoms with Gasteiger partial charge < -0.3 is 15.2 Å². The van der Waals surface area contributed by atoms with Crippen LogP contribution in [0, 0.1) is 5.82 Å². The monoisotopic (exact) mass is 275 g/mol. The molecule has 2 N–H and O–H groups in total. The summed E-state index contributed by atoms with van der Waals surface area (Å²) in [4.78, 5) is 0. The fourth-order valence-electron chi connectivity index (χ4n) is 1.92. The van der Waals surface area contributed by atoms with Gasteiger partial charge in [0.1, 0.15) is 11.6 Å². The highest BCUT2D eigenvalue weighted by Crippen LogP contribution is 2.15. The highest BCUT2D eigenvalue weighted by Gasteiger charge is 2.02. The van der Waals surface area contributed by atoms with Crippen LogP contribution in [-0.2, 0) is 24.5 Å². The summed E-state index contributed by atoms with van der Waals surface area (Å²) in [6.07, 6.45) is 0. The molecule has 0 aromatic heterocycles. The van der Waals surface area contributed by atoms with Crippen molar-refractivity contribution in [3.63, 3.8) is 0 Å². The minimum absolute atomic E-state index is 0.190. The minimum atomic E-state index is -0.274. The van der Waals surface area contributed by atoms with Crippen molar-refractivity contribution in [2.24, 2.45) is 5.73 Å². The van der Waals surface area contributed by atoms with Crippen molar-refractivity contribution in [1.29, 1.82) is 0 Å². The van der Waals surface area contributed by atoms with E-state index in [9.17, 15) is 4.39 Å². The summed E-state index contributed by atoms with van der Waals surface area (Å²) in [5, 5.41) is 0. The van der Waals surface area contributed by atoms with E-state index in [-0.39, 0.29) is 12.4 Å². The van der Waals surface area contributed by atoms with Crippen molar-refractivity contribution in [1.82, 2.24) is 0 Å². The third-order valence-electron chi connectivity index (χ3n) is 3.00. The normalized spacial score (nSPS) is 10.6. The zero-order valence-corrected chi connectivity index (χ0v) is 11.4. The maximum Gasteiger partial charge on any atom is 0.127 e. The molecule has 106 valence electrons. The number of benzene rings is 2. The predicted molar refractivity (Wildman–Crippen MR) is 75.8 cm³/mol. The van der Waals surface area contributed by atoms with Crippen LogP contribution in [0.4, 0.5) is 4.39 Å². The van der Waals surface area contributed by atoms with E-state index >= 15 is 0 Å².